The van der Waals surface area contributed by atoms with Crippen LogP contribution in [-0.2, 0) is 13.6 Å². The smallest absolute Gasteiger partial charge is 0.203 e. The molecule has 0 bridgehead atoms. The van der Waals surface area contributed by atoms with E-state index in [1.54, 1.807) is 6.20 Å². The molecule has 1 aliphatic heterocycles. The van der Waals surface area contributed by atoms with E-state index in [1.807, 2.05) is 19.2 Å². The number of pyridine rings is 1. The number of aromatic nitrogens is 3. The first-order valence-corrected chi connectivity index (χ1v) is 9.28. The first kappa shape index (κ1) is 17.5. The number of fused-ring (bicyclic) bond motifs is 2. The van der Waals surface area contributed by atoms with Crippen LogP contribution in [0.15, 0.2) is 30.5 Å². The SMILES string of the molecule is Cn1c(CN2C[C@@H]3C(COc4c(F)ccc(F)c4F)[C@@H]3C2)nc2ncccc21. The topological polar surface area (TPSA) is 43.2 Å². The number of imidazole rings is 1. The largest absolute Gasteiger partial charge is 0.487 e. The van der Waals surface area contributed by atoms with E-state index < -0.39 is 23.2 Å². The Kier molecular flexibility index (Phi) is 4.04. The summed E-state index contributed by atoms with van der Waals surface area (Å²) in [5.41, 5.74) is 1.75. The van der Waals surface area contributed by atoms with Gasteiger partial charge in [0.2, 0.25) is 5.82 Å². The van der Waals surface area contributed by atoms with E-state index in [0.717, 1.165) is 48.8 Å². The zero-order valence-corrected chi connectivity index (χ0v) is 15.3. The van der Waals surface area contributed by atoms with Gasteiger partial charge in [0.05, 0.1) is 18.7 Å². The molecule has 0 amide bonds. The maximum atomic E-state index is 13.7. The number of rotatable bonds is 5. The number of ether oxygens (including phenoxy) is 1. The highest BCUT2D eigenvalue weighted by atomic mass is 19.2. The summed E-state index contributed by atoms with van der Waals surface area (Å²) in [5, 5.41) is 0. The predicted octanol–water partition coefficient (Wildman–Crippen LogP) is 3.14. The zero-order chi connectivity index (χ0) is 19.4. The third-order valence-electron chi connectivity index (χ3n) is 5.98. The monoisotopic (exact) mass is 388 g/mol. The highest BCUT2D eigenvalue weighted by Gasteiger charge is 2.55. The molecule has 2 aromatic heterocycles. The lowest BCUT2D eigenvalue weighted by molar-refractivity contribution is 0.214. The van der Waals surface area contributed by atoms with Crippen LogP contribution in [0.5, 0.6) is 5.75 Å². The van der Waals surface area contributed by atoms with Gasteiger partial charge in [0, 0.05) is 32.3 Å². The summed E-state index contributed by atoms with van der Waals surface area (Å²) in [6.07, 6.45) is 1.74. The van der Waals surface area contributed by atoms with Crippen LogP contribution in [0.25, 0.3) is 11.2 Å². The number of likely N-dealkylation sites (tertiary alicyclic amines) is 1. The second-order valence-corrected chi connectivity index (χ2v) is 7.60. The number of hydrogen-bond acceptors (Lipinski definition) is 4. The molecule has 0 radical (unpaired) electrons. The second kappa shape index (κ2) is 6.48. The van der Waals surface area contributed by atoms with Crippen LogP contribution in [0.1, 0.15) is 5.82 Å². The van der Waals surface area contributed by atoms with Gasteiger partial charge < -0.3 is 9.30 Å². The van der Waals surface area contributed by atoms with Crippen molar-refractivity contribution < 1.29 is 17.9 Å². The van der Waals surface area contributed by atoms with Crippen molar-refractivity contribution >= 4 is 11.2 Å². The van der Waals surface area contributed by atoms with Crippen molar-refractivity contribution in [1.82, 2.24) is 19.4 Å². The summed E-state index contributed by atoms with van der Waals surface area (Å²) in [7, 11) is 1.99. The third-order valence-corrected chi connectivity index (χ3v) is 5.98. The van der Waals surface area contributed by atoms with Crippen molar-refractivity contribution in [3.8, 4) is 5.75 Å². The van der Waals surface area contributed by atoms with Gasteiger partial charge in [0.25, 0.3) is 0 Å². The molecule has 5 rings (SSSR count). The average Bonchev–Trinajstić information content (AvgIpc) is 3.00. The molecule has 28 heavy (non-hydrogen) atoms. The standard InChI is InChI=1S/C20H19F3N4O/c1-26-16-3-2-6-24-20(16)25-17(26)9-27-7-11-12(8-27)13(11)10-28-19-15(22)5-4-14(21)18(19)23/h2-6,11-13H,7-10H2,1H3/t11-,12+,13?. The van der Waals surface area contributed by atoms with Gasteiger partial charge in [-0.25, -0.2) is 18.7 Å². The van der Waals surface area contributed by atoms with Crippen LogP contribution in [0.2, 0.25) is 0 Å². The van der Waals surface area contributed by atoms with E-state index in [0.29, 0.717) is 11.8 Å². The summed E-state index contributed by atoms with van der Waals surface area (Å²) >= 11 is 0. The van der Waals surface area contributed by atoms with Crippen molar-refractivity contribution in [2.45, 2.75) is 6.54 Å². The Morgan fingerprint density at radius 1 is 1.11 bits per heavy atom. The average molecular weight is 388 g/mol. The van der Waals surface area contributed by atoms with Crippen LogP contribution in [0.3, 0.4) is 0 Å². The molecule has 3 atom stereocenters. The summed E-state index contributed by atoms with van der Waals surface area (Å²) < 4.78 is 48.0. The Morgan fingerprint density at radius 2 is 1.86 bits per heavy atom. The minimum Gasteiger partial charge on any atom is -0.487 e. The molecule has 0 spiro atoms. The van der Waals surface area contributed by atoms with Gasteiger partial charge in [-0.3, -0.25) is 4.90 Å². The quantitative estimate of drug-likeness (QED) is 0.630. The lowest BCUT2D eigenvalue weighted by Crippen LogP contribution is -2.26. The van der Waals surface area contributed by atoms with E-state index in [4.69, 9.17) is 4.74 Å². The lowest BCUT2D eigenvalue weighted by Gasteiger charge is -2.19. The van der Waals surface area contributed by atoms with Crippen LogP contribution in [0.4, 0.5) is 13.2 Å². The van der Waals surface area contributed by atoms with Gasteiger partial charge in [-0.2, -0.15) is 4.39 Å². The summed E-state index contributed by atoms with van der Waals surface area (Å²) in [6.45, 7) is 2.73. The van der Waals surface area contributed by atoms with Crippen LogP contribution in [-0.4, -0.2) is 39.1 Å². The number of piperidine rings is 1. The molecule has 2 fully saturated rings. The summed E-state index contributed by atoms with van der Waals surface area (Å²) in [6, 6.07) is 5.54. The number of benzene rings is 1. The maximum Gasteiger partial charge on any atom is 0.203 e. The number of hydrogen-bond donors (Lipinski definition) is 0. The van der Waals surface area contributed by atoms with Crippen LogP contribution < -0.4 is 4.74 Å². The minimum atomic E-state index is -1.26. The Bertz CT molecular complexity index is 1040. The van der Waals surface area contributed by atoms with E-state index in [-0.39, 0.29) is 12.5 Å². The molecule has 5 nitrogen and oxygen atoms in total. The van der Waals surface area contributed by atoms with E-state index in [9.17, 15) is 13.2 Å². The van der Waals surface area contributed by atoms with Gasteiger partial charge in [0.1, 0.15) is 5.82 Å². The molecule has 0 N–H and O–H groups in total. The van der Waals surface area contributed by atoms with Gasteiger partial charge in [0.15, 0.2) is 23.0 Å². The Morgan fingerprint density at radius 3 is 2.61 bits per heavy atom. The Hall–Kier alpha value is -2.61. The lowest BCUT2D eigenvalue weighted by atomic mass is 10.2. The van der Waals surface area contributed by atoms with Crippen LogP contribution in [0, 0.1) is 35.2 Å². The molecule has 1 unspecified atom stereocenters. The zero-order valence-electron chi connectivity index (χ0n) is 15.3. The number of aryl methyl sites for hydroxylation is 1. The number of nitrogens with zero attached hydrogens (tertiary/aromatic N) is 4. The highest BCUT2D eigenvalue weighted by Crippen LogP contribution is 2.52. The molecule has 3 aromatic rings. The van der Waals surface area contributed by atoms with E-state index >= 15 is 0 Å². The molecule has 1 saturated heterocycles. The fourth-order valence-corrected chi connectivity index (χ4v) is 4.35. The van der Waals surface area contributed by atoms with Gasteiger partial charge >= 0.3 is 0 Å². The van der Waals surface area contributed by atoms with Gasteiger partial charge in [-0.05, 0) is 36.1 Å². The van der Waals surface area contributed by atoms with Crippen molar-refractivity contribution in [2.75, 3.05) is 19.7 Å². The first-order chi connectivity index (χ1) is 13.5. The van der Waals surface area contributed by atoms with Gasteiger partial charge in [-0.15, -0.1) is 0 Å². The van der Waals surface area contributed by atoms with Crippen LogP contribution >= 0.6 is 0 Å². The first-order valence-electron chi connectivity index (χ1n) is 9.28. The molecule has 1 aliphatic carbocycles. The predicted molar refractivity (Wildman–Crippen MR) is 96.1 cm³/mol. The molecule has 146 valence electrons. The van der Waals surface area contributed by atoms with Gasteiger partial charge in [-0.1, -0.05) is 0 Å². The molecule has 3 heterocycles. The third kappa shape index (κ3) is 2.83. The van der Waals surface area contributed by atoms with E-state index in [2.05, 4.69) is 19.4 Å². The Balaban J connectivity index is 1.19. The van der Waals surface area contributed by atoms with Crippen molar-refractivity contribution in [1.29, 1.82) is 0 Å². The maximum absolute atomic E-state index is 13.7. The molecule has 1 aromatic carbocycles. The molecule has 1 saturated carbocycles. The van der Waals surface area contributed by atoms with Crippen molar-refractivity contribution in [2.24, 2.45) is 24.8 Å². The van der Waals surface area contributed by atoms with Crippen molar-refractivity contribution in [3.05, 3.63) is 53.7 Å². The number of halogens is 3. The Labute approximate surface area is 159 Å². The molecule has 8 heteroatoms. The normalized spacial score (nSPS) is 23.9. The summed E-state index contributed by atoms with van der Waals surface area (Å²) in [5.74, 6) is -1.76. The highest BCUT2D eigenvalue weighted by molar-refractivity contribution is 5.71. The molecular formula is C20H19F3N4O. The molecular weight excluding hydrogens is 369 g/mol. The molecule has 2 aliphatic rings. The fraction of sp³-hybridized carbons (Fsp3) is 0.400. The second-order valence-electron chi connectivity index (χ2n) is 7.60. The fourth-order valence-electron chi connectivity index (χ4n) is 4.35. The van der Waals surface area contributed by atoms with Crippen molar-refractivity contribution in [3.63, 3.8) is 0 Å². The summed E-state index contributed by atoms with van der Waals surface area (Å²) in [4.78, 5) is 11.2. The minimum absolute atomic E-state index is 0.205. The van der Waals surface area contributed by atoms with E-state index in [1.165, 1.54) is 0 Å².